The number of hydrogen-bond acceptors (Lipinski definition) is 14. The van der Waals surface area contributed by atoms with E-state index >= 15 is 0 Å². The maximum atomic E-state index is 13.0. The average molecular weight is 1540 g/mol. The van der Waals surface area contributed by atoms with Crippen LogP contribution in [0.3, 0.4) is 0 Å². The topological polar surface area (TPSA) is 231 Å². The van der Waals surface area contributed by atoms with E-state index in [1.807, 2.05) is 0 Å². The second-order valence-electron chi connectivity index (χ2n) is 27.9. The number of carbonyl (C=O) groups is 3. The molecule has 0 saturated carbocycles. The van der Waals surface area contributed by atoms with Gasteiger partial charge in [-0.2, -0.15) is 0 Å². The number of ether oxygens (including phenoxy) is 3. The third-order valence-corrected chi connectivity index (χ3v) is 19.4. The molecule has 0 aromatic heterocycles. The fourth-order valence-electron chi connectivity index (χ4n) is 11.2. The fourth-order valence-corrected chi connectivity index (χ4v) is 12.8. The molecule has 0 spiro atoms. The van der Waals surface area contributed by atoms with Gasteiger partial charge in [0.1, 0.15) is 25.4 Å². The minimum Gasteiger partial charge on any atom is -0.463 e. The summed E-state index contributed by atoms with van der Waals surface area (Å²) in [5.41, 5.74) is 0. The number of hydrogen-bond donors (Lipinski definition) is 4. The van der Waals surface area contributed by atoms with Gasteiger partial charge in [0, 0.05) is 19.3 Å². The number of unbranched alkanes of at least 4 members (excludes halogenated alkanes) is 32. The molecule has 0 fully saturated rings. The predicted octanol–water partition coefficient (Wildman–Crippen LogP) is 25.2. The number of esters is 3. The molecule has 0 aromatic rings. The van der Waals surface area contributed by atoms with Crippen LogP contribution in [0, 0.1) is 0 Å². The van der Waals surface area contributed by atoms with Gasteiger partial charge in [0.25, 0.3) is 0 Å². The van der Waals surface area contributed by atoms with E-state index in [0.717, 1.165) is 161 Å². The Morgan fingerprint density at radius 3 is 0.794 bits per heavy atom. The number of carbonyl (C=O) groups excluding carboxylic acids is 3. The average Bonchev–Trinajstić information content (AvgIpc) is 0.906. The maximum Gasteiger partial charge on any atom is 0.472 e. The summed E-state index contributed by atoms with van der Waals surface area (Å²) in [5.74, 6) is -1.60. The quantitative estimate of drug-likeness (QED) is 0.0146. The van der Waals surface area contributed by atoms with Gasteiger partial charge in [0.2, 0.25) is 0 Å². The van der Waals surface area contributed by atoms with E-state index < -0.39 is 91.5 Å². The van der Waals surface area contributed by atoms with Crippen LogP contribution in [0.2, 0.25) is 0 Å². The molecule has 5 atom stereocenters. The molecule has 0 amide bonds. The zero-order valence-corrected chi connectivity index (χ0v) is 69.1. The van der Waals surface area contributed by atoms with Crippen molar-refractivity contribution in [1.29, 1.82) is 0 Å². The number of aliphatic hydroxyl groups excluding tert-OH is 2. The molecule has 0 aliphatic heterocycles. The van der Waals surface area contributed by atoms with E-state index in [0.29, 0.717) is 19.3 Å². The van der Waals surface area contributed by atoms with Crippen molar-refractivity contribution in [1.82, 2.24) is 0 Å². The zero-order valence-electron chi connectivity index (χ0n) is 67.3. The van der Waals surface area contributed by atoms with Crippen molar-refractivity contribution in [2.45, 2.75) is 360 Å². The van der Waals surface area contributed by atoms with Crippen LogP contribution >= 0.6 is 15.6 Å². The molecule has 5 unspecified atom stereocenters. The van der Waals surface area contributed by atoms with Gasteiger partial charge in [-0.3, -0.25) is 32.5 Å². The van der Waals surface area contributed by atoms with Crippen molar-refractivity contribution in [3.05, 3.63) is 146 Å². The summed E-state index contributed by atoms with van der Waals surface area (Å²) in [6.45, 7) is 2.44. The van der Waals surface area contributed by atoms with Gasteiger partial charge in [-0.05, 0) is 141 Å². The highest BCUT2D eigenvalue weighted by Crippen LogP contribution is 2.45. The number of phosphoric ester groups is 2. The first-order valence-corrected chi connectivity index (χ1v) is 45.1. The summed E-state index contributed by atoms with van der Waals surface area (Å²) in [6.07, 6.45) is 100. The molecule has 0 saturated heterocycles. The van der Waals surface area contributed by atoms with Gasteiger partial charge < -0.3 is 34.2 Å². The summed E-state index contributed by atoms with van der Waals surface area (Å²) >= 11 is 0. The minimum absolute atomic E-state index is 0.0882. The largest absolute Gasteiger partial charge is 0.472 e. The van der Waals surface area contributed by atoms with Crippen molar-refractivity contribution >= 4 is 33.6 Å². The van der Waals surface area contributed by atoms with Gasteiger partial charge in [0.15, 0.2) is 6.10 Å². The van der Waals surface area contributed by atoms with Gasteiger partial charge in [0.05, 0.1) is 26.4 Å². The summed E-state index contributed by atoms with van der Waals surface area (Å²) in [4.78, 5) is 58.7. The van der Waals surface area contributed by atoms with Crippen LogP contribution in [0.4, 0.5) is 0 Å². The molecule has 0 bridgehead atoms. The third kappa shape index (κ3) is 82.2. The first-order valence-electron chi connectivity index (χ1n) is 42.1. The Morgan fingerprint density at radius 1 is 0.271 bits per heavy atom. The van der Waals surface area contributed by atoms with Crippen LogP contribution < -0.4 is 0 Å². The number of phosphoric acid groups is 2. The Bertz CT molecular complexity index is 2530. The normalized spacial score (nSPS) is 14.6. The highest BCUT2D eigenvalue weighted by Gasteiger charge is 2.29. The molecule has 16 nitrogen and oxygen atoms in total. The van der Waals surface area contributed by atoms with E-state index in [4.69, 9.17) is 32.3 Å². The first kappa shape index (κ1) is 102. The highest BCUT2D eigenvalue weighted by atomic mass is 31.2. The molecule has 0 heterocycles. The van der Waals surface area contributed by atoms with Gasteiger partial charge in [-0.25, -0.2) is 9.13 Å². The summed E-state index contributed by atoms with van der Waals surface area (Å²) < 4.78 is 61.2. The SMILES string of the molecule is CC/C=C\C/C=C\C/C=C\C/C=C\C/C=C\C/C=C\CCCCCCCCCCCCCCCCCCC(=O)OCC(O)COP(=O)(O)OCC(O)COP(=O)(O)OCC(COC(=O)CCCCCCC/C=C\C/C=C\C/C=C\C/C=C\C/C=C\CC)OC(=O)CCCCCCC/C=C\CCCCCCCC. The first-order chi connectivity index (χ1) is 52.2. The molecular formula is C89H152O16P2. The smallest absolute Gasteiger partial charge is 0.463 e. The van der Waals surface area contributed by atoms with E-state index in [1.54, 1.807) is 0 Å². The molecule has 0 aromatic carbocycles. The monoisotopic (exact) mass is 1540 g/mol. The van der Waals surface area contributed by atoms with E-state index in [-0.39, 0.29) is 19.3 Å². The summed E-state index contributed by atoms with van der Waals surface area (Å²) in [7, 11) is -9.80. The van der Waals surface area contributed by atoms with Crippen LogP contribution in [0.15, 0.2) is 146 Å². The van der Waals surface area contributed by atoms with Crippen molar-refractivity contribution in [2.24, 2.45) is 0 Å². The Labute approximate surface area is 651 Å². The second kappa shape index (κ2) is 80.9. The van der Waals surface area contributed by atoms with Crippen molar-refractivity contribution < 1.29 is 75.8 Å². The Kier molecular flexibility index (Phi) is 77.5. The van der Waals surface area contributed by atoms with Gasteiger partial charge in [-0.1, -0.05) is 327 Å². The minimum atomic E-state index is -4.94. The molecule has 614 valence electrons. The lowest BCUT2D eigenvalue weighted by molar-refractivity contribution is -0.161. The van der Waals surface area contributed by atoms with Crippen molar-refractivity contribution in [3.8, 4) is 0 Å². The van der Waals surface area contributed by atoms with Crippen LogP contribution in [0.5, 0.6) is 0 Å². The van der Waals surface area contributed by atoms with Gasteiger partial charge >= 0.3 is 33.6 Å². The van der Waals surface area contributed by atoms with Crippen molar-refractivity contribution in [3.63, 3.8) is 0 Å². The lowest BCUT2D eigenvalue weighted by Crippen LogP contribution is -2.30. The van der Waals surface area contributed by atoms with Gasteiger partial charge in [-0.15, -0.1) is 0 Å². The zero-order chi connectivity index (χ0) is 78.0. The molecule has 0 rings (SSSR count). The predicted molar refractivity (Wildman–Crippen MR) is 445 cm³/mol. The summed E-state index contributed by atoms with van der Waals surface area (Å²) in [5, 5.41) is 20.7. The van der Waals surface area contributed by atoms with Crippen LogP contribution in [0.25, 0.3) is 0 Å². The Balaban J connectivity index is 4.44. The van der Waals surface area contributed by atoms with Crippen molar-refractivity contribution in [2.75, 3.05) is 39.6 Å². The molecule has 0 aliphatic rings. The number of allylic oxidation sites excluding steroid dienone is 24. The third-order valence-electron chi connectivity index (χ3n) is 17.5. The molecule has 107 heavy (non-hydrogen) atoms. The fraction of sp³-hybridized carbons (Fsp3) is 0.697. The van der Waals surface area contributed by atoms with E-state index in [2.05, 4.69) is 167 Å². The van der Waals surface area contributed by atoms with Crippen LogP contribution in [-0.4, -0.2) is 95.9 Å². The Morgan fingerprint density at radius 2 is 0.495 bits per heavy atom. The number of aliphatic hydroxyl groups is 2. The second-order valence-corrected chi connectivity index (χ2v) is 30.8. The molecule has 4 N–H and O–H groups in total. The Hall–Kier alpha value is -4.57. The van der Waals surface area contributed by atoms with E-state index in [1.165, 1.54) is 122 Å². The lowest BCUT2D eigenvalue weighted by atomic mass is 10.0. The van der Waals surface area contributed by atoms with Crippen LogP contribution in [0.1, 0.15) is 342 Å². The standard InChI is InChI=1S/C89H152O16P2/c1-4-7-10-13-16-19-22-25-28-30-32-34-35-36-37-38-39-40-41-42-43-44-45-46-47-49-51-52-55-57-60-63-66-69-72-75-87(92)99-78-84(90)79-101-106(95,96)102-80-85(91)81-103-107(97,98)104-83-86(105-89(94)77-74-71-68-65-62-59-54-27-24-21-18-15-12-9-6-3)82-100-88(93)76-73-70-67-64-61-58-56-53-50-48-33-31-29-26-23-20-17-14-11-8-5-2/h7-8,10-11,16-17,19-20,25-29,32-34,36-37,39-40,48,53-54,56,84-86,90-91H,4-6,9,12-15,18,21-24,30-31,35,38,41-47,49-52,55,57-83H2,1-3H3,(H,95,96)(H,97,98)/b10-7-,11-8-,19-16-,20-17-,28-25-,29-26-,34-32-,37-36-,40-39-,48-33-,54-27-,56-53-. The molecule has 0 radical (unpaired) electrons. The number of rotatable bonds is 79. The molecular weight excluding hydrogens is 1390 g/mol. The lowest BCUT2D eigenvalue weighted by Gasteiger charge is -2.21. The van der Waals surface area contributed by atoms with E-state index in [9.17, 15) is 43.5 Å². The summed E-state index contributed by atoms with van der Waals surface area (Å²) in [6, 6.07) is 0. The maximum absolute atomic E-state index is 13.0. The van der Waals surface area contributed by atoms with Crippen LogP contribution in [-0.2, 0) is 55.8 Å². The molecule has 18 heteroatoms. The highest BCUT2D eigenvalue weighted by molar-refractivity contribution is 7.47. The molecule has 0 aliphatic carbocycles.